The average molecular weight is 111 g/mol. The zero-order chi connectivity index (χ0) is 5.82. The second-order valence-corrected chi connectivity index (χ2v) is 1.57. The summed E-state index contributed by atoms with van der Waals surface area (Å²) in [6, 6.07) is 0. The molecular formula is C6H9NO. The molecule has 0 bridgehead atoms. The third-order valence-corrected chi connectivity index (χ3v) is 1.01. The second kappa shape index (κ2) is 2.52. The fourth-order valence-corrected chi connectivity index (χ4v) is 0.573. The Kier molecular flexibility index (Phi) is 1.70. The smallest absolute Gasteiger partial charge is 0.146 e. The SMILES string of the molecule is CO[C@H]1C=CC=CN1. The van der Waals surface area contributed by atoms with Crippen LogP contribution in [0.4, 0.5) is 0 Å². The van der Waals surface area contributed by atoms with E-state index in [0.717, 1.165) is 0 Å². The fraction of sp³-hybridized carbons (Fsp3) is 0.333. The summed E-state index contributed by atoms with van der Waals surface area (Å²) in [6.45, 7) is 0. The van der Waals surface area contributed by atoms with Crippen molar-refractivity contribution in [2.75, 3.05) is 7.11 Å². The normalized spacial score (nSPS) is 25.4. The predicted octanol–water partition coefficient (Wildman–Crippen LogP) is 0.632. The zero-order valence-corrected chi connectivity index (χ0v) is 4.79. The van der Waals surface area contributed by atoms with Gasteiger partial charge in [0.2, 0.25) is 0 Å². The molecule has 1 atom stereocenters. The van der Waals surface area contributed by atoms with Crippen LogP contribution in [-0.2, 0) is 4.74 Å². The highest BCUT2D eigenvalue weighted by Gasteiger charge is 1.97. The lowest BCUT2D eigenvalue weighted by atomic mass is 10.4. The van der Waals surface area contributed by atoms with Crippen LogP contribution in [0.3, 0.4) is 0 Å². The Morgan fingerprint density at radius 1 is 1.50 bits per heavy atom. The van der Waals surface area contributed by atoms with Gasteiger partial charge in [-0.3, -0.25) is 0 Å². The largest absolute Gasteiger partial charge is 0.363 e. The van der Waals surface area contributed by atoms with Crippen LogP contribution in [0.2, 0.25) is 0 Å². The number of nitrogens with one attached hydrogen (secondary N) is 1. The van der Waals surface area contributed by atoms with Crippen molar-refractivity contribution < 1.29 is 4.74 Å². The lowest BCUT2D eigenvalue weighted by Gasteiger charge is -2.12. The molecule has 0 aromatic rings. The van der Waals surface area contributed by atoms with Crippen LogP contribution in [0.15, 0.2) is 24.4 Å². The minimum Gasteiger partial charge on any atom is -0.363 e. The highest BCUT2D eigenvalue weighted by atomic mass is 16.5. The van der Waals surface area contributed by atoms with Gasteiger partial charge in [0.15, 0.2) is 0 Å². The Labute approximate surface area is 48.8 Å². The van der Waals surface area contributed by atoms with Crippen molar-refractivity contribution in [2.24, 2.45) is 0 Å². The van der Waals surface area contributed by atoms with E-state index in [2.05, 4.69) is 5.32 Å². The average Bonchev–Trinajstić information content (AvgIpc) is 1.90. The maximum absolute atomic E-state index is 4.94. The first-order valence-corrected chi connectivity index (χ1v) is 2.55. The lowest BCUT2D eigenvalue weighted by Crippen LogP contribution is -2.24. The number of hydrogen-bond acceptors (Lipinski definition) is 2. The number of ether oxygens (including phenoxy) is 1. The monoisotopic (exact) mass is 111 g/mol. The van der Waals surface area contributed by atoms with Crippen molar-refractivity contribution in [1.29, 1.82) is 0 Å². The third kappa shape index (κ3) is 1.10. The molecule has 8 heavy (non-hydrogen) atoms. The molecule has 1 aliphatic heterocycles. The molecule has 0 amide bonds. The Hall–Kier alpha value is -0.760. The van der Waals surface area contributed by atoms with E-state index in [1.165, 1.54) is 0 Å². The van der Waals surface area contributed by atoms with Crippen molar-refractivity contribution in [3.05, 3.63) is 24.4 Å². The number of dihydropyridines is 1. The first kappa shape index (κ1) is 5.38. The van der Waals surface area contributed by atoms with Gasteiger partial charge in [0.05, 0.1) is 0 Å². The quantitative estimate of drug-likeness (QED) is 0.536. The molecule has 0 fully saturated rings. The molecule has 1 aliphatic rings. The Morgan fingerprint density at radius 2 is 2.38 bits per heavy atom. The van der Waals surface area contributed by atoms with Crippen molar-refractivity contribution >= 4 is 0 Å². The first-order valence-electron chi connectivity index (χ1n) is 2.55. The van der Waals surface area contributed by atoms with Crippen molar-refractivity contribution in [2.45, 2.75) is 6.23 Å². The molecule has 2 nitrogen and oxygen atoms in total. The van der Waals surface area contributed by atoms with Gasteiger partial charge in [-0.25, -0.2) is 0 Å². The van der Waals surface area contributed by atoms with Crippen molar-refractivity contribution in [3.8, 4) is 0 Å². The molecule has 0 saturated heterocycles. The zero-order valence-electron chi connectivity index (χ0n) is 4.79. The summed E-state index contributed by atoms with van der Waals surface area (Å²) in [4.78, 5) is 0. The van der Waals surface area contributed by atoms with Crippen LogP contribution < -0.4 is 5.32 Å². The topological polar surface area (TPSA) is 21.3 Å². The molecule has 0 aromatic heterocycles. The predicted molar refractivity (Wildman–Crippen MR) is 32.2 cm³/mol. The molecule has 1 rings (SSSR count). The molecule has 1 N–H and O–H groups in total. The molecule has 0 spiro atoms. The Morgan fingerprint density at radius 3 is 2.75 bits per heavy atom. The minimum atomic E-state index is 0.0694. The van der Waals surface area contributed by atoms with Crippen LogP contribution in [0.5, 0.6) is 0 Å². The van der Waals surface area contributed by atoms with Crippen LogP contribution >= 0.6 is 0 Å². The summed E-state index contributed by atoms with van der Waals surface area (Å²) in [5, 5.41) is 2.98. The van der Waals surface area contributed by atoms with Crippen LogP contribution in [-0.4, -0.2) is 13.3 Å². The Balaban J connectivity index is 2.40. The molecule has 0 unspecified atom stereocenters. The molecule has 1 heterocycles. The highest BCUT2D eigenvalue weighted by molar-refractivity contribution is 5.09. The maximum atomic E-state index is 4.94. The van der Waals surface area contributed by atoms with Gasteiger partial charge < -0.3 is 10.1 Å². The summed E-state index contributed by atoms with van der Waals surface area (Å²) < 4.78 is 4.94. The van der Waals surface area contributed by atoms with E-state index in [1.807, 2.05) is 24.4 Å². The summed E-state index contributed by atoms with van der Waals surface area (Å²) in [5.74, 6) is 0. The number of methoxy groups -OCH3 is 1. The number of allylic oxidation sites excluding steroid dienone is 2. The van der Waals surface area contributed by atoms with Gasteiger partial charge in [-0.05, 0) is 18.4 Å². The molecule has 0 radical (unpaired) electrons. The lowest BCUT2D eigenvalue weighted by molar-refractivity contribution is 0.124. The molecule has 2 heteroatoms. The summed E-state index contributed by atoms with van der Waals surface area (Å²) >= 11 is 0. The van der Waals surface area contributed by atoms with Gasteiger partial charge in [-0.15, -0.1) is 0 Å². The van der Waals surface area contributed by atoms with Gasteiger partial charge in [-0.1, -0.05) is 6.08 Å². The molecule has 0 saturated carbocycles. The van der Waals surface area contributed by atoms with Gasteiger partial charge in [0.25, 0.3) is 0 Å². The van der Waals surface area contributed by atoms with E-state index >= 15 is 0 Å². The standard InChI is InChI=1S/C6H9NO/c1-8-6-4-2-3-5-7-6/h2-7H,1H3/t6-/m0/s1. The fourth-order valence-electron chi connectivity index (χ4n) is 0.573. The van der Waals surface area contributed by atoms with E-state index in [0.29, 0.717) is 0 Å². The van der Waals surface area contributed by atoms with Gasteiger partial charge in [0, 0.05) is 7.11 Å². The van der Waals surface area contributed by atoms with Gasteiger partial charge >= 0.3 is 0 Å². The molecule has 0 aromatic carbocycles. The minimum absolute atomic E-state index is 0.0694. The summed E-state index contributed by atoms with van der Waals surface area (Å²) in [5.41, 5.74) is 0. The van der Waals surface area contributed by atoms with Gasteiger partial charge in [0.1, 0.15) is 6.23 Å². The third-order valence-electron chi connectivity index (χ3n) is 1.01. The maximum Gasteiger partial charge on any atom is 0.146 e. The molecule has 44 valence electrons. The number of hydrogen-bond donors (Lipinski definition) is 1. The van der Waals surface area contributed by atoms with Crippen LogP contribution in [0.1, 0.15) is 0 Å². The summed E-state index contributed by atoms with van der Waals surface area (Å²) in [7, 11) is 1.67. The first-order chi connectivity index (χ1) is 3.93. The Bertz CT molecular complexity index is 118. The second-order valence-electron chi connectivity index (χ2n) is 1.57. The van der Waals surface area contributed by atoms with Gasteiger partial charge in [-0.2, -0.15) is 0 Å². The van der Waals surface area contributed by atoms with Crippen molar-refractivity contribution in [3.63, 3.8) is 0 Å². The van der Waals surface area contributed by atoms with E-state index < -0.39 is 0 Å². The summed E-state index contributed by atoms with van der Waals surface area (Å²) in [6.07, 6.45) is 7.74. The van der Waals surface area contributed by atoms with Crippen LogP contribution in [0.25, 0.3) is 0 Å². The van der Waals surface area contributed by atoms with E-state index in [-0.39, 0.29) is 6.23 Å². The van der Waals surface area contributed by atoms with Crippen molar-refractivity contribution in [1.82, 2.24) is 5.32 Å². The van der Waals surface area contributed by atoms with E-state index in [1.54, 1.807) is 7.11 Å². The number of rotatable bonds is 1. The van der Waals surface area contributed by atoms with E-state index in [9.17, 15) is 0 Å². The van der Waals surface area contributed by atoms with E-state index in [4.69, 9.17) is 4.74 Å². The molecule has 0 aliphatic carbocycles. The highest BCUT2D eigenvalue weighted by Crippen LogP contribution is 1.92. The molecular weight excluding hydrogens is 102 g/mol. The van der Waals surface area contributed by atoms with Crippen LogP contribution in [0, 0.1) is 0 Å².